The van der Waals surface area contributed by atoms with Gasteiger partial charge in [0.05, 0.1) is 16.8 Å². The molecular weight excluding hydrogens is 370 g/mol. The summed E-state index contributed by atoms with van der Waals surface area (Å²) in [5, 5.41) is 4.54. The van der Waals surface area contributed by atoms with E-state index in [2.05, 4.69) is 26.0 Å². The van der Waals surface area contributed by atoms with Crippen LogP contribution < -0.4 is 11.6 Å². The molecule has 1 aromatic carbocycles. The minimum absolute atomic E-state index is 0.253. The molecule has 0 aliphatic heterocycles. The highest BCUT2D eigenvalue weighted by molar-refractivity contribution is 9.10. The summed E-state index contributed by atoms with van der Waals surface area (Å²) >= 11 is 3.44. The zero-order valence-corrected chi connectivity index (χ0v) is 14.6. The summed E-state index contributed by atoms with van der Waals surface area (Å²) in [5.74, 6) is 5.77. The van der Waals surface area contributed by atoms with Crippen LogP contribution >= 0.6 is 15.9 Å². The molecule has 0 saturated heterocycles. The van der Waals surface area contributed by atoms with Crippen LogP contribution in [0.4, 0.5) is 0 Å². The molecule has 1 atom stereocenters. The number of fused-ring (bicyclic) bond motifs is 1. The molecular formula is C17H16BrN5O. The molecule has 4 N–H and O–H groups in total. The lowest BCUT2D eigenvalue weighted by molar-refractivity contribution is 0.216. The third-order valence-electron chi connectivity index (χ3n) is 3.40. The molecule has 0 fully saturated rings. The number of pyridine rings is 2. The Morgan fingerprint density at radius 3 is 2.67 bits per heavy atom. The van der Waals surface area contributed by atoms with Gasteiger partial charge in [0.25, 0.3) is 0 Å². The van der Waals surface area contributed by atoms with Gasteiger partial charge in [-0.3, -0.25) is 10.7 Å². The zero-order valence-electron chi connectivity index (χ0n) is 13.0. The molecule has 3 aromatic rings. The summed E-state index contributed by atoms with van der Waals surface area (Å²) in [7, 11) is 0. The number of benzene rings is 1. The van der Waals surface area contributed by atoms with Crippen molar-refractivity contribution in [3.8, 4) is 11.3 Å². The van der Waals surface area contributed by atoms with E-state index in [1.54, 1.807) is 19.3 Å². The van der Waals surface area contributed by atoms with E-state index in [1.165, 1.54) is 0 Å². The van der Waals surface area contributed by atoms with Gasteiger partial charge >= 0.3 is 0 Å². The first-order valence-electron chi connectivity index (χ1n) is 7.29. The summed E-state index contributed by atoms with van der Waals surface area (Å²) in [6, 6.07) is 11.6. The van der Waals surface area contributed by atoms with Crippen molar-refractivity contribution in [1.82, 2.24) is 9.97 Å². The lowest BCUT2D eigenvalue weighted by atomic mass is 10.1. The zero-order chi connectivity index (χ0) is 17.1. The normalized spacial score (nSPS) is 13.0. The van der Waals surface area contributed by atoms with Gasteiger partial charge in [-0.2, -0.15) is 0 Å². The Morgan fingerprint density at radius 2 is 2.00 bits per heavy atom. The third-order valence-corrected chi connectivity index (χ3v) is 3.92. The van der Waals surface area contributed by atoms with Crippen molar-refractivity contribution in [2.24, 2.45) is 16.7 Å². The van der Waals surface area contributed by atoms with Gasteiger partial charge in [0.2, 0.25) is 5.90 Å². The monoisotopic (exact) mass is 385 g/mol. The van der Waals surface area contributed by atoms with Crippen LogP contribution in [0.3, 0.4) is 0 Å². The van der Waals surface area contributed by atoms with E-state index in [4.69, 9.17) is 21.3 Å². The van der Waals surface area contributed by atoms with Gasteiger partial charge in [-0.15, -0.1) is 5.10 Å². The Labute approximate surface area is 147 Å². The summed E-state index contributed by atoms with van der Waals surface area (Å²) in [4.78, 5) is 8.85. The molecule has 0 amide bonds. The van der Waals surface area contributed by atoms with E-state index in [9.17, 15) is 0 Å². The van der Waals surface area contributed by atoms with Crippen molar-refractivity contribution in [2.75, 3.05) is 0 Å². The average Bonchev–Trinajstić information content (AvgIpc) is 2.59. The van der Waals surface area contributed by atoms with Gasteiger partial charge in [0.1, 0.15) is 6.23 Å². The van der Waals surface area contributed by atoms with E-state index in [-0.39, 0.29) is 5.90 Å². The van der Waals surface area contributed by atoms with Gasteiger partial charge in [0.15, 0.2) is 0 Å². The standard InChI is InChI=1S/C17H16BrN5O/c1-10(19)24-17(23-20)13-8-16(11-2-4-12(18)5-3-11)22-15-6-7-21-9-14(13)15/h2-10H,19-20H2,1H3/b23-17-. The number of aromatic nitrogens is 2. The van der Waals surface area contributed by atoms with E-state index in [0.29, 0.717) is 5.56 Å². The highest BCUT2D eigenvalue weighted by Gasteiger charge is 2.15. The largest absolute Gasteiger partial charge is 0.458 e. The predicted octanol–water partition coefficient (Wildman–Crippen LogP) is 3.00. The smallest absolute Gasteiger partial charge is 0.240 e. The maximum Gasteiger partial charge on any atom is 0.240 e. The molecule has 7 heteroatoms. The van der Waals surface area contributed by atoms with Crippen LogP contribution in [-0.4, -0.2) is 22.1 Å². The lowest BCUT2D eigenvalue weighted by Crippen LogP contribution is -2.25. The first-order valence-corrected chi connectivity index (χ1v) is 8.09. The van der Waals surface area contributed by atoms with Crippen LogP contribution in [0.2, 0.25) is 0 Å². The van der Waals surface area contributed by atoms with Gasteiger partial charge in [-0.1, -0.05) is 28.1 Å². The van der Waals surface area contributed by atoms with Crippen LogP contribution in [0.5, 0.6) is 0 Å². The number of halogens is 1. The fourth-order valence-electron chi connectivity index (χ4n) is 2.35. The van der Waals surface area contributed by atoms with Crippen molar-refractivity contribution in [3.63, 3.8) is 0 Å². The molecule has 0 radical (unpaired) electrons. The molecule has 122 valence electrons. The Morgan fingerprint density at radius 1 is 1.25 bits per heavy atom. The third kappa shape index (κ3) is 3.37. The molecule has 0 bridgehead atoms. The van der Waals surface area contributed by atoms with Gasteiger partial charge < -0.3 is 10.6 Å². The van der Waals surface area contributed by atoms with Crippen LogP contribution in [0.25, 0.3) is 22.2 Å². The van der Waals surface area contributed by atoms with Crippen LogP contribution in [-0.2, 0) is 4.74 Å². The maximum atomic E-state index is 5.72. The quantitative estimate of drug-likeness (QED) is 0.237. The molecule has 2 heterocycles. The fraction of sp³-hybridized carbons (Fsp3) is 0.118. The number of nitrogens with zero attached hydrogens (tertiary/aromatic N) is 3. The number of nitrogens with two attached hydrogens (primary N) is 2. The van der Waals surface area contributed by atoms with Crippen molar-refractivity contribution >= 4 is 32.7 Å². The minimum atomic E-state index is -0.539. The van der Waals surface area contributed by atoms with E-state index < -0.39 is 6.23 Å². The number of hydrogen-bond acceptors (Lipinski definition) is 6. The molecule has 0 saturated carbocycles. The predicted molar refractivity (Wildman–Crippen MR) is 98.1 cm³/mol. The van der Waals surface area contributed by atoms with Crippen molar-refractivity contribution < 1.29 is 4.74 Å². The maximum absolute atomic E-state index is 5.72. The van der Waals surface area contributed by atoms with E-state index in [0.717, 1.165) is 26.6 Å². The number of hydrazone groups is 1. The molecule has 3 rings (SSSR count). The summed E-state index contributed by atoms with van der Waals surface area (Å²) < 4.78 is 6.54. The van der Waals surface area contributed by atoms with Crippen molar-refractivity contribution in [2.45, 2.75) is 13.2 Å². The van der Waals surface area contributed by atoms with Gasteiger partial charge in [-0.25, -0.2) is 4.98 Å². The number of hydrogen-bond donors (Lipinski definition) is 2. The van der Waals surface area contributed by atoms with Gasteiger partial charge in [0, 0.05) is 27.8 Å². The highest BCUT2D eigenvalue weighted by Crippen LogP contribution is 2.26. The second-order valence-corrected chi connectivity index (χ2v) is 6.13. The fourth-order valence-corrected chi connectivity index (χ4v) is 2.62. The molecule has 24 heavy (non-hydrogen) atoms. The molecule has 0 aliphatic rings. The lowest BCUT2D eigenvalue weighted by Gasteiger charge is -2.14. The Bertz CT molecular complexity index is 893. The Kier molecular flexibility index (Phi) is 4.73. The molecule has 6 nitrogen and oxygen atoms in total. The highest BCUT2D eigenvalue weighted by atomic mass is 79.9. The van der Waals surface area contributed by atoms with E-state index >= 15 is 0 Å². The molecule has 0 aliphatic carbocycles. The Hall–Kier alpha value is -2.51. The molecule has 0 spiro atoms. The number of rotatable bonds is 3. The second-order valence-electron chi connectivity index (χ2n) is 5.21. The number of ether oxygens (including phenoxy) is 1. The average molecular weight is 386 g/mol. The topological polar surface area (TPSA) is 99.4 Å². The summed E-state index contributed by atoms with van der Waals surface area (Å²) in [6.45, 7) is 1.71. The second kappa shape index (κ2) is 6.94. The molecule has 2 aromatic heterocycles. The van der Waals surface area contributed by atoms with Crippen LogP contribution in [0, 0.1) is 0 Å². The Balaban J connectivity index is 2.21. The van der Waals surface area contributed by atoms with E-state index in [1.807, 2.05) is 36.4 Å². The van der Waals surface area contributed by atoms with Gasteiger partial charge in [-0.05, 0) is 31.2 Å². The van der Waals surface area contributed by atoms with Crippen LogP contribution in [0.1, 0.15) is 12.5 Å². The summed E-state index contributed by atoms with van der Waals surface area (Å²) in [5.41, 5.74) is 8.94. The summed E-state index contributed by atoms with van der Waals surface area (Å²) in [6.07, 6.45) is 2.86. The van der Waals surface area contributed by atoms with Crippen LogP contribution in [0.15, 0.2) is 58.4 Å². The van der Waals surface area contributed by atoms with Crippen molar-refractivity contribution in [3.05, 3.63) is 58.8 Å². The molecule has 1 unspecified atom stereocenters. The van der Waals surface area contributed by atoms with Crippen molar-refractivity contribution in [1.29, 1.82) is 0 Å². The first kappa shape index (κ1) is 16.4. The SMILES string of the molecule is CC(N)O/C(=N\N)c1cc(-c2ccc(Br)cc2)nc2ccncc12. The first-order chi connectivity index (χ1) is 11.6. The minimum Gasteiger partial charge on any atom is -0.458 e.